The van der Waals surface area contributed by atoms with Gasteiger partial charge in [-0.25, -0.2) is 4.79 Å². The molecule has 0 aliphatic heterocycles. The zero-order valence-corrected chi connectivity index (χ0v) is 13.0. The van der Waals surface area contributed by atoms with Gasteiger partial charge in [0.15, 0.2) is 6.04 Å². The Morgan fingerprint density at radius 2 is 1.77 bits per heavy atom. The second-order valence-electron chi connectivity index (χ2n) is 5.47. The van der Waals surface area contributed by atoms with Gasteiger partial charge in [-0.2, -0.15) is 5.10 Å². The molecule has 2 N–H and O–H groups in total. The lowest BCUT2D eigenvalue weighted by Crippen LogP contribution is -2.34. The van der Waals surface area contributed by atoms with Crippen LogP contribution < -0.4 is 5.32 Å². The molecular formula is C16H19N3O3. The summed E-state index contributed by atoms with van der Waals surface area (Å²) < 4.78 is 1.52. The average molecular weight is 301 g/mol. The molecule has 0 bridgehead atoms. The number of aromatic nitrogens is 2. The molecule has 1 aromatic carbocycles. The van der Waals surface area contributed by atoms with Gasteiger partial charge in [0.2, 0.25) is 0 Å². The number of benzene rings is 1. The lowest BCUT2D eigenvalue weighted by Gasteiger charge is -2.16. The Bertz CT molecular complexity index is 714. The molecule has 0 saturated heterocycles. The second kappa shape index (κ2) is 6.01. The van der Waals surface area contributed by atoms with Gasteiger partial charge >= 0.3 is 5.97 Å². The molecule has 0 fully saturated rings. The van der Waals surface area contributed by atoms with Gasteiger partial charge in [0.25, 0.3) is 5.91 Å². The van der Waals surface area contributed by atoms with E-state index >= 15 is 0 Å². The Balaban J connectivity index is 2.31. The van der Waals surface area contributed by atoms with E-state index in [9.17, 15) is 14.7 Å². The third kappa shape index (κ3) is 3.33. The van der Waals surface area contributed by atoms with E-state index in [2.05, 4.69) is 10.4 Å². The summed E-state index contributed by atoms with van der Waals surface area (Å²) in [6, 6.07) is 4.39. The topological polar surface area (TPSA) is 84.2 Å². The van der Waals surface area contributed by atoms with Crippen LogP contribution in [0.25, 0.3) is 0 Å². The highest BCUT2D eigenvalue weighted by Crippen LogP contribution is 2.18. The Morgan fingerprint density at radius 3 is 2.23 bits per heavy atom. The van der Waals surface area contributed by atoms with E-state index in [1.165, 1.54) is 4.68 Å². The minimum absolute atomic E-state index is 0.373. The van der Waals surface area contributed by atoms with Crippen LogP contribution in [0.3, 0.4) is 0 Å². The monoisotopic (exact) mass is 301 g/mol. The Hall–Kier alpha value is -2.63. The molecule has 0 saturated carbocycles. The largest absolute Gasteiger partial charge is 0.479 e. The van der Waals surface area contributed by atoms with Crippen LogP contribution >= 0.6 is 0 Å². The van der Waals surface area contributed by atoms with Crippen molar-refractivity contribution in [3.63, 3.8) is 0 Å². The molecule has 1 aromatic heterocycles. The number of carboxylic acid groups (broad SMARTS) is 1. The summed E-state index contributed by atoms with van der Waals surface area (Å²) in [6.45, 7) is 5.49. The third-order valence-electron chi connectivity index (χ3n) is 3.36. The summed E-state index contributed by atoms with van der Waals surface area (Å²) in [4.78, 5) is 23.9. The van der Waals surface area contributed by atoms with Crippen molar-refractivity contribution in [2.24, 2.45) is 7.05 Å². The number of rotatable bonds is 4. The first-order valence-electron chi connectivity index (χ1n) is 6.90. The molecule has 6 nitrogen and oxygen atoms in total. The smallest absolute Gasteiger partial charge is 0.330 e. The SMILES string of the molecule is Cc1cc(C)cc(C(NC(=O)c2cn(C)nc2C)C(=O)O)c1. The molecule has 0 spiro atoms. The molecule has 6 heteroatoms. The quantitative estimate of drug-likeness (QED) is 0.903. The Morgan fingerprint density at radius 1 is 1.18 bits per heavy atom. The number of aryl methyl sites for hydroxylation is 4. The number of carbonyl (C=O) groups excluding carboxylic acids is 1. The first kappa shape index (κ1) is 15.8. The van der Waals surface area contributed by atoms with Crippen LogP contribution in [0.1, 0.15) is 38.8 Å². The van der Waals surface area contributed by atoms with Crippen molar-refractivity contribution in [3.05, 3.63) is 52.3 Å². The van der Waals surface area contributed by atoms with Crippen LogP contribution in [0.5, 0.6) is 0 Å². The first-order valence-corrected chi connectivity index (χ1v) is 6.90. The zero-order chi connectivity index (χ0) is 16.4. The van der Waals surface area contributed by atoms with Gasteiger partial charge in [0.05, 0.1) is 11.3 Å². The summed E-state index contributed by atoms with van der Waals surface area (Å²) in [5.74, 6) is -1.54. The fourth-order valence-corrected chi connectivity index (χ4v) is 2.50. The molecule has 0 aliphatic rings. The summed E-state index contributed by atoms with van der Waals surface area (Å²) in [5, 5.41) is 16.1. The second-order valence-corrected chi connectivity index (χ2v) is 5.47. The van der Waals surface area contributed by atoms with Gasteiger partial charge in [-0.3, -0.25) is 9.48 Å². The highest BCUT2D eigenvalue weighted by molar-refractivity contribution is 5.97. The highest BCUT2D eigenvalue weighted by Gasteiger charge is 2.24. The summed E-state index contributed by atoms with van der Waals surface area (Å²) >= 11 is 0. The van der Waals surface area contributed by atoms with Crippen LogP contribution in [-0.2, 0) is 11.8 Å². The summed E-state index contributed by atoms with van der Waals surface area (Å²) in [6.07, 6.45) is 1.57. The molecule has 0 radical (unpaired) electrons. The maximum atomic E-state index is 12.3. The maximum absolute atomic E-state index is 12.3. The van der Waals surface area contributed by atoms with Crippen molar-refractivity contribution in [2.75, 3.05) is 0 Å². The number of hydrogen-bond donors (Lipinski definition) is 2. The van der Waals surface area contributed by atoms with Crippen molar-refractivity contribution >= 4 is 11.9 Å². The summed E-state index contributed by atoms with van der Waals surface area (Å²) in [5.41, 5.74) is 3.39. The number of nitrogens with zero attached hydrogens (tertiary/aromatic N) is 2. The normalized spacial score (nSPS) is 12.0. The molecule has 1 atom stereocenters. The fourth-order valence-electron chi connectivity index (χ4n) is 2.50. The molecule has 2 aromatic rings. The van der Waals surface area contributed by atoms with Crippen LogP contribution in [0.15, 0.2) is 24.4 Å². The van der Waals surface area contributed by atoms with E-state index in [-0.39, 0.29) is 0 Å². The molecule has 116 valence electrons. The predicted octanol–water partition coefficient (Wildman–Crippen LogP) is 1.90. The van der Waals surface area contributed by atoms with Gasteiger partial charge in [-0.15, -0.1) is 0 Å². The molecule has 1 heterocycles. The zero-order valence-electron chi connectivity index (χ0n) is 13.0. The van der Waals surface area contributed by atoms with Crippen molar-refractivity contribution < 1.29 is 14.7 Å². The number of nitrogens with one attached hydrogen (secondary N) is 1. The molecular weight excluding hydrogens is 282 g/mol. The standard InChI is InChI=1S/C16H19N3O3/c1-9-5-10(2)7-12(6-9)14(16(21)22)17-15(20)13-8-19(4)18-11(13)3/h5-8,14H,1-4H3,(H,17,20)(H,21,22). The van der Waals surface area contributed by atoms with Crippen LogP contribution in [0.4, 0.5) is 0 Å². The minimum Gasteiger partial charge on any atom is -0.479 e. The van der Waals surface area contributed by atoms with E-state index in [0.29, 0.717) is 16.8 Å². The van der Waals surface area contributed by atoms with Crippen LogP contribution in [0, 0.1) is 20.8 Å². The maximum Gasteiger partial charge on any atom is 0.330 e. The molecule has 1 amide bonds. The summed E-state index contributed by atoms with van der Waals surface area (Å²) in [7, 11) is 1.71. The number of hydrogen-bond acceptors (Lipinski definition) is 3. The number of amides is 1. The van der Waals surface area contributed by atoms with Gasteiger partial charge in [-0.05, 0) is 26.3 Å². The fraction of sp³-hybridized carbons (Fsp3) is 0.312. The first-order chi connectivity index (χ1) is 10.3. The van der Waals surface area contributed by atoms with Crippen molar-refractivity contribution in [3.8, 4) is 0 Å². The van der Waals surface area contributed by atoms with E-state index in [4.69, 9.17) is 0 Å². The Kier molecular flexibility index (Phi) is 4.30. The van der Waals surface area contributed by atoms with Crippen LogP contribution in [-0.4, -0.2) is 26.8 Å². The lowest BCUT2D eigenvalue weighted by atomic mass is 10.0. The van der Waals surface area contributed by atoms with Crippen molar-refractivity contribution in [1.29, 1.82) is 0 Å². The lowest BCUT2D eigenvalue weighted by molar-refractivity contribution is -0.139. The van der Waals surface area contributed by atoms with Crippen molar-refractivity contribution in [2.45, 2.75) is 26.8 Å². The number of aliphatic carboxylic acids is 1. The Labute approximate surface area is 128 Å². The highest BCUT2D eigenvalue weighted by atomic mass is 16.4. The minimum atomic E-state index is -1.10. The molecule has 1 unspecified atom stereocenters. The van der Waals surface area contributed by atoms with Crippen molar-refractivity contribution in [1.82, 2.24) is 15.1 Å². The predicted molar refractivity (Wildman–Crippen MR) is 81.7 cm³/mol. The third-order valence-corrected chi connectivity index (χ3v) is 3.36. The number of carbonyl (C=O) groups is 2. The molecule has 0 aliphatic carbocycles. The van der Waals surface area contributed by atoms with Gasteiger partial charge < -0.3 is 10.4 Å². The molecule has 22 heavy (non-hydrogen) atoms. The average Bonchev–Trinajstić information content (AvgIpc) is 2.73. The van der Waals surface area contributed by atoms with E-state index in [1.54, 1.807) is 32.3 Å². The van der Waals surface area contributed by atoms with Gasteiger partial charge in [-0.1, -0.05) is 29.3 Å². The van der Waals surface area contributed by atoms with Gasteiger partial charge in [0, 0.05) is 13.2 Å². The van der Waals surface area contributed by atoms with Crippen LogP contribution in [0.2, 0.25) is 0 Å². The molecule has 2 rings (SSSR count). The van der Waals surface area contributed by atoms with E-state index < -0.39 is 17.9 Å². The van der Waals surface area contributed by atoms with Gasteiger partial charge in [0.1, 0.15) is 0 Å². The number of carboxylic acids is 1. The van der Waals surface area contributed by atoms with E-state index in [1.807, 2.05) is 19.9 Å². The van der Waals surface area contributed by atoms with E-state index in [0.717, 1.165) is 11.1 Å².